The number of fused-ring (bicyclic) bond motifs is 1. The molecule has 1 aliphatic heterocycles. The number of pyridine rings is 1. The van der Waals surface area contributed by atoms with E-state index in [1.54, 1.807) is 6.92 Å². The van der Waals surface area contributed by atoms with Crippen LogP contribution in [0.25, 0.3) is 0 Å². The summed E-state index contributed by atoms with van der Waals surface area (Å²) in [5.41, 5.74) is 3.71. The summed E-state index contributed by atoms with van der Waals surface area (Å²) in [4.78, 5) is 4.33. The second-order valence-electron chi connectivity index (χ2n) is 3.67. The van der Waals surface area contributed by atoms with Gasteiger partial charge in [0.05, 0.1) is 12.3 Å². The van der Waals surface area contributed by atoms with Gasteiger partial charge in [0.25, 0.3) is 0 Å². The Balaban J connectivity index is 2.65. The number of aryl methyl sites for hydroxylation is 2. The largest absolute Gasteiger partial charge is 0.362 e. The Morgan fingerprint density at radius 2 is 2.23 bits per heavy atom. The first kappa shape index (κ1) is 8.66. The van der Waals surface area contributed by atoms with E-state index in [1.165, 1.54) is 0 Å². The summed E-state index contributed by atoms with van der Waals surface area (Å²) in [7, 11) is 0. The second kappa shape index (κ2) is 2.53. The Hall–Kier alpha value is -0.930. The first-order valence-corrected chi connectivity index (χ1v) is 4.34. The molecule has 1 atom stereocenters. The summed E-state index contributed by atoms with van der Waals surface area (Å²) in [5, 5.41) is 9.86. The van der Waals surface area contributed by atoms with Crippen molar-refractivity contribution in [1.29, 1.82) is 0 Å². The van der Waals surface area contributed by atoms with Crippen LogP contribution in [0.4, 0.5) is 0 Å². The van der Waals surface area contributed by atoms with Gasteiger partial charge in [-0.15, -0.1) is 0 Å². The zero-order valence-electron chi connectivity index (χ0n) is 8.09. The standard InChI is InChI=1S/C10H13NO2/c1-6-4-7(2)11-8-5-13-10(3,12)9(6)8/h4,12H,5H2,1-3H3. The lowest BCUT2D eigenvalue weighted by atomic mass is 10.0. The molecular formula is C10H13NO2. The summed E-state index contributed by atoms with van der Waals surface area (Å²) >= 11 is 0. The summed E-state index contributed by atoms with van der Waals surface area (Å²) < 4.78 is 5.24. The van der Waals surface area contributed by atoms with Gasteiger partial charge in [-0.25, -0.2) is 0 Å². The average Bonchev–Trinajstić information content (AvgIpc) is 2.26. The average molecular weight is 179 g/mol. The highest BCUT2D eigenvalue weighted by Crippen LogP contribution is 2.35. The third kappa shape index (κ3) is 1.24. The van der Waals surface area contributed by atoms with E-state index in [-0.39, 0.29) is 0 Å². The monoisotopic (exact) mass is 179 g/mol. The molecule has 3 heteroatoms. The van der Waals surface area contributed by atoms with Crippen LogP contribution >= 0.6 is 0 Å². The van der Waals surface area contributed by atoms with E-state index in [4.69, 9.17) is 4.74 Å². The van der Waals surface area contributed by atoms with Gasteiger partial charge in [-0.1, -0.05) is 0 Å². The molecule has 0 amide bonds. The molecule has 1 N–H and O–H groups in total. The maximum absolute atomic E-state index is 9.86. The molecule has 0 saturated heterocycles. The summed E-state index contributed by atoms with van der Waals surface area (Å²) in [5.74, 6) is -1.15. The van der Waals surface area contributed by atoms with Crippen LogP contribution in [0.15, 0.2) is 6.07 Å². The van der Waals surface area contributed by atoms with Gasteiger partial charge >= 0.3 is 0 Å². The van der Waals surface area contributed by atoms with Crippen molar-refractivity contribution in [2.75, 3.05) is 0 Å². The van der Waals surface area contributed by atoms with Gasteiger partial charge in [-0.2, -0.15) is 0 Å². The smallest absolute Gasteiger partial charge is 0.191 e. The van der Waals surface area contributed by atoms with Gasteiger partial charge in [0.1, 0.15) is 0 Å². The molecule has 2 rings (SSSR count). The van der Waals surface area contributed by atoms with Crippen LogP contribution in [-0.4, -0.2) is 10.1 Å². The first-order chi connectivity index (χ1) is 6.00. The van der Waals surface area contributed by atoms with E-state index in [1.807, 2.05) is 19.9 Å². The quantitative estimate of drug-likeness (QED) is 0.654. The van der Waals surface area contributed by atoms with Gasteiger partial charge in [0.15, 0.2) is 5.79 Å². The lowest BCUT2D eigenvalue weighted by Gasteiger charge is -2.18. The maximum atomic E-state index is 9.86. The fraction of sp³-hybridized carbons (Fsp3) is 0.500. The van der Waals surface area contributed by atoms with E-state index < -0.39 is 5.79 Å². The Morgan fingerprint density at radius 3 is 2.92 bits per heavy atom. The Morgan fingerprint density at radius 1 is 1.54 bits per heavy atom. The molecule has 1 aliphatic rings. The molecule has 3 nitrogen and oxygen atoms in total. The van der Waals surface area contributed by atoms with Gasteiger partial charge in [0, 0.05) is 11.3 Å². The highest BCUT2D eigenvalue weighted by atomic mass is 16.6. The Kier molecular flexibility index (Phi) is 1.68. The summed E-state index contributed by atoms with van der Waals surface area (Å²) in [6.07, 6.45) is 0. The van der Waals surface area contributed by atoms with E-state index in [9.17, 15) is 5.11 Å². The van der Waals surface area contributed by atoms with Crippen molar-refractivity contribution in [3.63, 3.8) is 0 Å². The molecule has 13 heavy (non-hydrogen) atoms. The second-order valence-corrected chi connectivity index (χ2v) is 3.67. The van der Waals surface area contributed by atoms with Crippen LogP contribution in [0.1, 0.15) is 29.4 Å². The van der Waals surface area contributed by atoms with Crippen LogP contribution in [0.5, 0.6) is 0 Å². The van der Waals surface area contributed by atoms with E-state index >= 15 is 0 Å². The number of hydrogen-bond acceptors (Lipinski definition) is 3. The fourth-order valence-corrected chi connectivity index (χ4v) is 1.93. The zero-order valence-corrected chi connectivity index (χ0v) is 8.09. The molecule has 0 spiro atoms. The minimum Gasteiger partial charge on any atom is -0.362 e. The van der Waals surface area contributed by atoms with Crippen molar-refractivity contribution < 1.29 is 9.84 Å². The number of aliphatic hydroxyl groups is 1. The van der Waals surface area contributed by atoms with Crippen molar-refractivity contribution >= 4 is 0 Å². The molecule has 0 fully saturated rings. The number of ether oxygens (including phenoxy) is 1. The van der Waals surface area contributed by atoms with Crippen LogP contribution in [0.2, 0.25) is 0 Å². The normalized spacial score (nSPS) is 26.2. The number of nitrogens with zero attached hydrogens (tertiary/aromatic N) is 1. The molecule has 1 aromatic rings. The summed E-state index contributed by atoms with van der Waals surface area (Å²) in [6.45, 7) is 5.98. The van der Waals surface area contributed by atoms with Crippen LogP contribution in [0, 0.1) is 13.8 Å². The van der Waals surface area contributed by atoms with Crippen molar-refractivity contribution in [3.05, 3.63) is 28.6 Å². The minimum absolute atomic E-state index is 0.408. The van der Waals surface area contributed by atoms with Gasteiger partial charge in [-0.3, -0.25) is 4.98 Å². The molecule has 1 aromatic heterocycles. The highest BCUT2D eigenvalue weighted by molar-refractivity contribution is 5.36. The lowest BCUT2D eigenvalue weighted by Crippen LogP contribution is -2.20. The molecule has 0 aliphatic carbocycles. The molecule has 0 bridgehead atoms. The lowest BCUT2D eigenvalue weighted by molar-refractivity contribution is -0.189. The van der Waals surface area contributed by atoms with Crippen molar-refractivity contribution in [2.24, 2.45) is 0 Å². The Labute approximate surface area is 77.4 Å². The first-order valence-electron chi connectivity index (χ1n) is 4.34. The van der Waals surface area contributed by atoms with Crippen LogP contribution in [-0.2, 0) is 17.1 Å². The fourth-order valence-electron chi connectivity index (χ4n) is 1.93. The molecule has 70 valence electrons. The molecule has 1 unspecified atom stereocenters. The number of rotatable bonds is 0. The van der Waals surface area contributed by atoms with Crippen LogP contribution in [0.3, 0.4) is 0 Å². The molecule has 0 saturated carbocycles. The van der Waals surface area contributed by atoms with Gasteiger partial charge in [-0.05, 0) is 32.4 Å². The summed E-state index contributed by atoms with van der Waals surface area (Å²) in [6, 6.07) is 1.96. The highest BCUT2D eigenvalue weighted by Gasteiger charge is 2.35. The Bertz CT molecular complexity index is 358. The van der Waals surface area contributed by atoms with E-state index in [0.29, 0.717) is 6.61 Å². The predicted molar refractivity (Wildman–Crippen MR) is 48.1 cm³/mol. The molecular weight excluding hydrogens is 166 g/mol. The number of hydrogen-bond donors (Lipinski definition) is 1. The third-order valence-corrected chi connectivity index (χ3v) is 2.37. The van der Waals surface area contributed by atoms with Gasteiger partial charge < -0.3 is 9.84 Å². The van der Waals surface area contributed by atoms with Gasteiger partial charge in [0.2, 0.25) is 0 Å². The minimum atomic E-state index is -1.15. The van der Waals surface area contributed by atoms with Crippen LogP contribution < -0.4 is 0 Å². The zero-order chi connectivity index (χ0) is 9.64. The third-order valence-electron chi connectivity index (χ3n) is 2.37. The number of aromatic nitrogens is 1. The predicted octanol–water partition coefficient (Wildman–Crippen LogP) is 1.39. The van der Waals surface area contributed by atoms with Crippen molar-refractivity contribution in [1.82, 2.24) is 4.98 Å². The van der Waals surface area contributed by atoms with Crippen molar-refractivity contribution in [2.45, 2.75) is 33.2 Å². The SMILES string of the molecule is Cc1cc(C)c2c(n1)COC2(C)O. The molecule has 0 radical (unpaired) electrons. The van der Waals surface area contributed by atoms with E-state index in [0.717, 1.165) is 22.5 Å². The topological polar surface area (TPSA) is 42.4 Å². The molecule has 0 aromatic carbocycles. The molecule has 2 heterocycles. The van der Waals surface area contributed by atoms with Crippen molar-refractivity contribution in [3.8, 4) is 0 Å². The van der Waals surface area contributed by atoms with E-state index in [2.05, 4.69) is 4.98 Å². The maximum Gasteiger partial charge on any atom is 0.191 e.